The summed E-state index contributed by atoms with van der Waals surface area (Å²) in [5.41, 5.74) is -1.18. The summed E-state index contributed by atoms with van der Waals surface area (Å²) in [6, 6.07) is 1.39. The zero-order chi connectivity index (χ0) is 15.7. The molecular weight excluding hydrogens is 302 g/mol. The quantitative estimate of drug-likeness (QED) is 0.691. The number of halogens is 1. The van der Waals surface area contributed by atoms with Crippen molar-refractivity contribution in [2.45, 2.75) is 0 Å². The van der Waals surface area contributed by atoms with Crippen LogP contribution in [-0.4, -0.2) is 38.2 Å². The summed E-state index contributed by atoms with van der Waals surface area (Å²) in [6.45, 7) is -0.670. The van der Waals surface area contributed by atoms with Crippen LogP contribution in [0, 0.1) is 0 Å². The average molecular weight is 312 g/mol. The number of hydrogen-bond donors (Lipinski definition) is 3. The minimum Gasteiger partial charge on any atom is -0.506 e. The lowest BCUT2D eigenvalue weighted by molar-refractivity contribution is -0.135. The van der Waals surface area contributed by atoms with Crippen molar-refractivity contribution in [1.82, 2.24) is 14.9 Å². The number of pyridine rings is 2. The number of carbonyl (C=O) groups excluding carboxylic acids is 1. The van der Waals surface area contributed by atoms with Crippen LogP contribution in [0.1, 0.15) is 10.4 Å². The van der Waals surface area contributed by atoms with Gasteiger partial charge in [0.25, 0.3) is 11.5 Å². The second-order valence-electron chi connectivity index (χ2n) is 4.16. The fourth-order valence-electron chi connectivity index (χ4n) is 1.89. The van der Waals surface area contributed by atoms with Crippen molar-refractivity contribution in [2.75, 3.05) is 6.54 Å². The molecular formula is C12H10ClN3O5. The number of nitrogens with one attached hydrogen (secondary N) is 1. The fourth-order valence-corrected chi connectivity index (χ4v) is 2.18. The molecule has 21 heavy (non-hydrogen) atoms. The Hall–Kier alpha value is -2.61. The number of amides is 1. The molecule has 3 N–H and O–H groups in total. The summed E-state index contributed by atoms with van der Waals surface area (Å²) in [5.74, 6) is -2.82. The molecule has 0 aliphatic heterocycles. The van der Waals surface area contributed by atoms with Gasteiger partial charge in [0.15, 0.2) is 5.15 Å². The Balaban J connectivity index is 2.69. The van der Waals surface area contributed by atoms with Crippen molar-refractivity contribution < 1.29 is 19.8 Å². The van der Waals surface area contributed by atoms with Crippen LogP contribution in [0.5, 0.6) is 5.75 Å². The van der Waals surface area contributed by atoms with E-state index in [1.807, 2.05) is 5.32 Å². The molecule has 0 fully saturated rings. The molecule has 0 aliphatic carbocycles. The standard InChI is InChI=1S/C12H10ClN3O5/c1-16-8-5(2-3-14-10(8)13)9(19)7(12(16)21)11(20)15-4-6(17)18/h2-3,19H,4H2,1H3,(H,15,20)(H,17,18). The molecule has 0 saturated heterocycles. The van der Waals surface area contributed by atoms with Crippen LogP contribution in [0.4, 0.5) is 0 Å². The lowest BCUT2D eigenvalue weighted by Crippen LogP contribution is -2.35. The highest BCUT2D eigenvalue weighted by Gasteiger charge is 2.22. The Bertz CT molecular complexity index is 815. The van der Waals surface area contributed by atoms with Gasteiger partial charge in [0.05, 0.1) is 5.52 Å². The number of fused-ring (bicyclic) bond motifs is 1. The van der Waals surface area contributed by atoms with Crippen LogP contribution >= 0.6 is 11.6 Å². The molecule has 8 nitrogen and oxygen atoms in total. The summed E-state index contributed by atoms with van der Waals surface area (Å²) in [5, 5.41) is 20.8. The van der Waals surface area contributed by atoms with Gasteiger partial charge in [0, 0.05) is 18.6 Å². The molecule has 0 spiro atoms. The molecule has 0 atom stereocenters. The molecule has 9 heteroatoms. The zero-order valence-corrected chi connectivity index (χ0v) is 11.5. The summed E-state index contributed by atoms with van der Waals surface area (Å²) in [7, 11) is 1.37. The smallest absolute Gasteiger partial charge is 0.322 e. The number of carboxylic acid groups (broad SMARTS) is 1. The number of hydrogen-bond acceptors (Lipinski definition) is 5. The molecule has 2 aromatic rings. The average Bonchev–Trinajstić information content (AvgIpc) is 2.42. The Labute approximate surface area is 122 Å². The van der Waals surface area contributed by atoms with Gasteiger partial charge in [-0.1, -0.05) is 11.6 Å². The molecule has 0 bridgehead atoms. The normalized spacial score (nSPS) is 10.6. The van der Waals surface area contributed by atoms with Crippen molar-refractivity contribution in [1.29, 1.82) is 0 Å². The van der Waals surface area contributed by atoms with Crippen molar-refractivity contribution in [2.24, 2.45) is 7.05 Å². The zero-order valence-electron chi connectivity index (χ0n) is 10.8. The lowest BCUT2D eigenvalue weighted by atomic mass is 10.1. The largest absolute Gasteiger partial charge is 0.506 e. The third kappa shape index (κ3) is 2.52. The second-order valence-corrected chi connectivity index (χ2v) is 4.52. The Morgan fingerprint density at radius 1 is 1.48 bits per heavy atom. The minimum absolute atomic E-state index is 0.0000980. The Kier molecular flexibility index (Phi) is 3.81. The Morgan fingerprint density at radius 2 is 2.14 bits per heavy atom. The SMILES string of the molecule is Cn1c(=O)c(C(=O)NCC(=O)O)c(O)c2ccnc(Cl)c21. The molecule has 1 amide bonds. The summed E-state index contributed by atoms with van der Waals surface area (Å²) in [4.78, 5) is 38.3. The molecule has 0 radical (unpaired) electrons. The summed E-state index contributed by atoms with van der Waals surface area (Å²) >= 11 is 5.88. The van der Waals surface area contributed by atoms with Crippen LogP contribution in [-0.2, 0) is 11.8 Å². The molecule has 110 valence electrons. The number of nitrogens with zero attached hydrogens (tertiary/aromatic N) is 2. The maximum absolute atomic E-state index is 12.2. The molecule has 0 aliphatic rings. The van der Waals surface area contributed by atoms with E-state index in [1.54, 1.807) is 0 Å². The fraction of sp³-hybridized carbons (Fsp3) is 0.167. The minimum atomic E-state index is -1.27. The molecule has 0 aromatic carbocycles. The predicted molar refractivity (Wildman–Crippen MR) is 73.6 cm³/mol. The lowest BCUT2D eigenvalue weighted by Gasteiger charge is -2.11. The molecule has 0 unspecified atom stereocenters. The Morgan fingerprint density at radius 3 is 2.76 bits per heavy atom. The number of aliphatic carboxylic acids is 1. The van der Waals surface area contributed by atoms with Gasteiger partial charge in [-0.2, -0.15) is 0 Å². The van der Waals surface area contributed by atoms with E-state index >= 15 is 0 Å². The predicted octanol–water partition coefficient (Wildman–Crippen LogP) is 0.107. The second kappa shape index (κ2) is 5.41. The number of carboxylic acids is 1. The highest BCUT2D eigenvalue weighted by atomic mass is 35.5. The topological polar surface area (TPSA) is 122 Å². The van der Waals surface area contributed by atoms with Crippen LogP contribution in [0.3, 0.4) is 0 Å². The third-order valence-electron chi connectivity index (χ3n) is 2.85. The van der Waals surface area contributed by atoms with Crippen LogP contribution in [0.15, 0.2) is 17.1 Å². The number of carbonyl (C=O) groups is 2. The number of rotatable bonds is 3. The van der Waals surface area contributed by atoms with Crippen LogP contribution < -0.4 is 10.9 Å². The first-order valence-electron chi connectivity index (χ1n) is 5.70. The van der Waals surface area contributed by atoms with E-state index in [9.17, 15) is 19.5 Å². The van der Waals surface area contributed by atoms with Gasteiger partial charge in [0.2, 0.25) is 0 Å². The van der Waals surface area contributed by atoms with E-state index in [0.29, 0.717) is 0 Å². The van der Waals surface area contributed by atoms with E-state index in [2.05, 4.69) is 4.98 Å². The molecule has 2 aromatic heterocycles. The summed E-state index contributed by atoms with van der Waals surface area (Å²) < 4.78 is 1.07. The highest BCUT2D eigenvalue weighted by Crippen LogP contribution is 2.28. The third-order valence-corrected chi connectivity index (χ3v) is 3.13. The van der Waals surface area contributed by atoms with E-state index in [-0.39, 0.29) is 16.1 Å². The van der Waals surface area contributed by atoms with Gasteiger partial charge >= 0.3 is 5.97 Å². The van der Waals surface area contributed by atoms with Crippen LogP contribution in [0.2, 0.25) is 5.15 Å². The maximum Gasteiger partial charge on any atom is 0.322 e. The first-order chi connectivity index (χ1) is 9.84. The van der Waals surface area contributed by atoms with E-state index in [4.69, 9.17) is 16.7 Å². The highest BCUT2D eigenvalue weighted by molar-refractivity contribution is 6.34. The molecule has 2 rings (SSSR count). The maximum atomic E-state index is 12.2. The van der Waals surface area contributed by atoms with Crippen molar-refractivity contribution in [3.8, 4) is 5.75 Å². The number of aryl methyl sites for hydroxylation is 1. The van der Waals surface area contributed by atoms with Gasteiger partial charge in [-0.25, -0.2) is 4.98 Å². The van der Waals surface area contributed by atoms with E-state index in [0.717, 1.165) is 4.57 Å². The number of aromatic nitrogens is 2. The van der Waals surface area contributed by atoms with E-state index in [1.165, 1.54) is 19.3 Å². The molecule has 2 heterocycles. The van der Waals surface area contributed by atoms with E-state index < -0.39 is 35.3 Å². The monoisotopic (exact) mass is 311 g/mol. The van der Waals surface area contributed by atoms with Crippen LogP contribution in [0.25, 0.3) is 10.9 Å². The van der Waals surface area contributed by atoms with Gasteiger partial charge in [-0.15, -0.1) is 0 Å². The first-order valence-corrected chi connectivity index (χ1v) is 6.08. The molecule has 0 saturated carbocycles. The van der Waals surface area contributed by atoms with Gasteiger partial charge < -0.3 is 20.1 Å². The van der Waals surface area contributed by atoms with Gasteiger partial charge in [-0.3, -0.25) is 14.4 Å². The van der Waals surface area contributed by atoms with Crippen molar-refractivity contribution in [3.05, 3.63) is 33.3 Å². The first kappa shape index (κ1) is 14.8. The summed E-state index contributed by atoms with van der Waals surface area (Å²) in [6.07, 6.45) is 1.31. The van der Waals surface area contributed by atoms with Crippen molar-refractivity contribution in [3.63, 3.8) is 0 Å². The number of aromatic hydroxyl groups is 1. The van der Waals surface area contributed by atoms with Gasteiger partial charge in [-0.05, 0) is 6.07 Å². The van der Waals surface area contributed by atoms with Gasteiger partial charge in [0.1, 0.15) is 17.9 Å². The van der Waals surface area contributed by atoms with Crippen molar-refractivity contribution >= 4 is 34.4 Å².